The van der Waals surface area contributed by atoms with Crippen molar-refractivity contribution >= 4 is 11.9 Å². The third-order valence-electron chi connectivity index (χ3n) is 3.48. The predicted octanol–water partition coefficient (Wildman–Crippen LogP) is 3.55. The highest BCUT2D eigenvalue weighted by molar-refractivity contribution is 5.76. The highest BCUT2D eigenvalue weighted by atomic mass is 19.4. The summed E-state index contributed by atoms with van der Waals surface area (Å²) in [6.45, 7) is 6.67. The maximum absolute atomic E-state index is 12.0. The molecule has 7 heteroatoms. The summed E-state index contributed by atoms with van der Waals surface area (Å²) in [5.41, 5.74) is -0.983. The minimum absolute atomic E-state index is 0.0578. The van der Waals surface area contributed by atoms with E-state index in [-0.39, 0.29) is 5.91 Å². The monoisotopic (exact) mass is 325 g/mol. The second-order valence-corrected chi connectivity index (χ2v) is 5.85. The van der Waals surface area contributed by atoms with Gasteiger partial charge in [0.05, 0.1) is 5.41 Å². The zero-order chi connectivity index (χ0) is 17.4. The summed E-state index contributed by atoms with van der Waals surface area (Å²) < 4.78 is 40.4. The van der Waals surface area contributed by atoms with E-state index in [1.54, 1.807) is 18.7 Å². The predicted molar refractivity (Wildman–Crippen MR) is 77.2 cm³/mol. The molecule has 4 nitrogen and oxygen atoms in total. The molecule has 0 aromatic rings. The number of ether oxygens (including phenoxy) is 1. The summed E-state index contributed by atoms with van der Waals surface area (Å²) in [6, 6.07) is 0. The van der Waals surface area contributed by atoms with Crippen LogP contribution in [0.25, 0.3) is 0 Å². The molecule has 0 heterocycles. The van der Waals surface area contributed by atoms with Crippen LogP contribution in [-0.4, -0.2) is 42.6 Å². The van der Waals surface area contributed by atoms with Gasteiger partial charge >= 0.3 is 12.1 Å². The van der Waals surface area contributed by atoms with Gasteiger partial charge in [0.1, 0.15) is 0 Å². The van der Waals surface area contributed by atoms with E-state index in [0.29, 0.717) is 38.8 Å². The van der Waals surface area contributed by atoms with Crippen LogP contribution in [0.3, 0.4) is 0 Å². The van der Waals surface area contributed by atoms with Crippen LogP contribution in [0.1, 0.15) is 53.4 Å². The Labute approximate surface area is 130 Å². The molecule has 0 aromatic heterocycles. The number of esters is 1. The molecule has 0 aliphatic rings. The van der Waals surface area contributed by atoms with Gasteiger partial charge in [-0.1, -0.05) is 6.42 Å². The third-order valence-corrected chi connectivity index (χ3v) is 3.48. The fourth-order valence-electron chi connectivity index (χ4n) is 2.02. The lowest BCUT2D eigenvalue weighted by molar-refractivity contribution is -0.192. The number of hydrogen-bond donors (Lipinski definition) is 0. The molecule has 0 unspecified atom stereocenters. The van der Waals surface area contributed by atoms with E-state index in [9.17, 15) is 22.8 Å². The summed E-state index contributed by atoms with van der Waals surface area (Å²) in [6.07, 6.45) is -2.56. The number of halogens is 3. The SMILES string of the molecule is CCN(CC)C(=O)CCCCC(C)(C)C(=O)OCC(F)(F)F. The number of amides is 1. The number of carbonyl (C=O) groups excluding carboxylic acids is 2. The zero-order valence-electron chi connectivity index (χ0n) is 13.8. The van der Waals surface area contributed by atoms with Crippen LogP contribution in [0.15, 0.2) is 0 Å². The van der Waals surface area contributed by atoms with Crippen molar-refractivity contribution in [3.05, 3.63) is 0 Å². The first-order valence-electron chi connectivity index (χ1n) is 7.55. The average Bonchev–Trinajstić information content (AvgIpc) is 2.41. The second kappa shape index (κ2) is 9.00. The molecule has 0 saturated heterocycles. The number of nitrogens with zero attached hydrogens (tertiary/aromatic N) is 1. The molecule has 0 N–H and O–H groups in total. The molecular formula is C15H26F3NO3. The third kappa shape index (κ3) is 8.24. The highest BCUT2D eigenvalue weighted by Crippen LogP contribution is 2.27. The summed E-state index contributed by atoms with van der Waals surface area (Å²) >= 11 is 0. The number of hydrogen-bond acceptors (Lipinski definition) is 3. The molecule has 0 spiro atoms. The van der Waals surface area contributed by atoms with Crippen molar-refractivity contribution in [1.82, 2.24) is 4.90 Å². The van der Waals surface area contributed by atoms with E-state index < -0.39 is 24.2 Å². The highest BCUT2D eigenvalue weighted by Gasteiger charge is 2.34. The summed E-state index contributed by atoms with van der Waals surface area (Å²) in [7, 11) is 0. The smallest absolute Gasteiger partial charge is 0.422 e. The molecule has 1 amide bonds. The van der Waals surface area contributed by atoms with Crippen molar-refractivity contribution in [3.63, 3.8) is 0 Å². The van der Waals surface area contributed by atoms with Crippen LogP contribution in [0.2, 0.25) is 0 Å². The van der Waals surface area contributed by atoms with Crippen LogP contribution in [0.4, 0.5) is 13.2 Å². The van der Waals surface area contributed by atoms with E-state index in [2.05, 4.69) is 4.74 Å². The van der Waals surface area contributed by atoms with Crippen LogP contribution < -0.4 is 0 Å². The van der Waals surface area contributed by atoms with Crippen molar-refractivity contribution in [2.24, 2.45) is 5.41 Å². The van der Waals surface area contributed by atoms with Gasteiger partial charge in [0.15, 0.2) is 6.61 Å². The quantitative estimate of drug-likeness (QED) is 0.481. The van der Waals surface area contributed by atoms with E-state index >= 15 is 0 Å². The molecule has 0 fully saturated rings. The summed E-state index contributed by atoms with van der Waals surface area (Å²) in [5.74, 6) is -0.803. The Morgan fingerprint density at radius 2 is 1.59 bits per heavy atom. The molecule has 0 atom stereocenters. The van der Waals surface area contributed by atoms with Gasteiger partial charge in [-0.25, -0.2) is 0 Å². The maximum Gasteiger partial charge on any atom is 0.422 e. The molecular weight excluding hydrogens is 299 g/mol. The topological polar surface area (TPSA) is 46.6 Å². The lowest BCUT2D eigenvalue weighted by Crippen LogP contribution is -2.31. The standard InChI is InChI=1S/C15H26F3NO3/c1-5-19(6-2)12(20)9-7-8-10-14(3,4)13(21)22-11-15(16,17)18/h5-11H2,1-4H3. The first-order valence-corrected chi connectivity index (χ1v) is 7.55. The van der Waals surface area contributed by atoms with Gasteiger partial charge in [-0.15, -0.1) is 0 Å². The van der Waals surface area contributed by atoms with Gasteiger partial charge in [0, 0.05) is 19.5 Å². The van der Waals surface area contributed by atoms with Gasteiger partial charge < -0.3 is 9.64 Å². The molecule has 0 aromatic carbocycles. The molecule has 0 rings (SSSR count). The van der Waals surface area contributed by atoms with E-state index in [0.717, 1.165) is 0 Å². The normalized spacial score (nSPS) is 12.1. The molecule has 0 bridgehead atoms. The average molecular weight is 325 g/mol. The van der Waals surface area contributed by atoms with Crippen LogP contribution in [0.5, 0.6) is 0 Å². The Hall–Kier alpha value is -1.27. The minimum atomic E-state index is -4.51. The van der Waals surface area contributed by atoms with Crippen LogP contribution >= 0.6 is 0 Å². The second-order valence-electron chi connectivity index (χ2n) is 5.85. The molecule has 0 aliphatic heterocycles. The molecule has 22 heavy (non-hydrogen) atoms. The Kier molecular flexibility index (Phi) is 8.48. The van der Waals surface area contributed by atoms with Crippen molar-refractivity contribution in [2.45, 2.75) is 59.6 Å². The van der Waals surface area contributed by atoms with Gasteiger partial charge in [-0.3, -0.25) is 9.59 Å². The van der Waals surface area contributed by atoms with Crippen molar-refractivity contribution in [2.75, 3.05) is 19.7 Å². The fourth-order valence-corrected chi connectivity index (χ4v) is 2.02. The van der Waals surface area contributed by atoms with Crippen molar-refractivity contribution in [3.8, 4) is 0 Å². The minimum Gasteiger partial charge on any atom is -0.456 e. The van der Waals surface area contributed by atoms with Crippen molar-refractivity contribution in [1.29, 1.82) is 0 Å². The number of alkyl halides is 3. The Balaban J connectivity index is 4.12. The van der Waals surface area contributed by atoms with E-state index in [1.165, 1.54) is 0 Å². The fraction of sp³-hybridized carbons (Fsp3) is 0.867. The number of unbranched alkanes of at least 4 members (excludes halogenated alkanes) is 1. The summed E-state index contributed by atoms with van der Waals surface area (Å²) in [5, 5.41) is 0. The number of carbonyl (C=O) groups is 2. The van der Waals surface area contributed by atoms with Gasteiger partial charge in [-0.2, -0.15) is 13.2 Å². The lowest BCUT2D eigenvalue weighted by atomic mass is 9.87. The van der Waals surface area contributed by atoms with E-state index in [4.69, 9.17) is 0 Å². The Bertz CT molecular complexity index is 364. The molecule has 0 aliphatic carbocycles. The first kappa shape index (κ1) is 20.7. The molecule has 0 saturated carbocycles. The van der Waals surface area contributed by atoms with E-state index in [1.807, 2.05) is 13.8 Å². The number of rotatable bonds is 9. The van der Waals surface area contributed by atoms with Crippen molar-refractivity contribution < 1.29 is 27.5 Å². The molecule has 130 valence electrons. The van der Waals surface area contributed by atoms with Crippen LogP contribution in [0, 0.1) is 5.41 Å². The maximum atomic E-state index is 12.0. The summed E-state index contributed by atoms with van der Waals surface area (Å²) in [4.78, 5) is 25.2. The lowest BCUT2D eigenvalue weighted by Gasteiger charge is -2.23. The van der Waals surface area contributed by atoms with Gasteiger partial charge in [0.25, 0.3) is 0 Å². The largest absolute Gasteiger partial charge is 0.456 e. The van der Waals surface area contributed by atoms with Crippen LogP contribution in [-0.2, 0) is 14.3 Å². The van der Waals surface area contributed by atoms with Gasteiger partial charge in [-0.05, 0) is 40.5 Å². The Morgan fingerprint density at radius 3 is 2.05 bits per heavy atom. The Morgan fingerprint density at radius 1 is 1.05 bits per heavy atom. The first-order chi connectivity index (χ1) is 10.0. The van der Waals surface area contributed by atoms with Gasteiger partial charge in [0.2, 0.25) is 5.91 Å². The zero-order valence-corrected chi connectivity index (χ0v) is 13.8. The molecule has 0 radical (unpaired) electrons.